The van der Waals surface area contributed by atoms with Crippen molar-refractivity contribution >= 4 is 22.4 Å². The fourth-order valence-electron chi connectivity index (χ4n) is 2.34. The molecule has 0 atom stereocenters. The number of hydrogen-bond acceptors (Lipinski definition) is 3. The fraction of sp³-hybridized carbons (Fsp3) is 0.188. The van der Waals surface area contributed by atoms with E-state index in [0.29, 0.717) is 6.54 Å². The summed E-state index contributed by atoms with van der Waals surface area (Å²) >= 11 is 0. The monoisotopic (exact) mass is 266 g/mol. The van der Waals surface area contributed by atoms with Crippen LogP contribution in [-0.2, 0) is 13.6 Å². The van der Waals surface area contributed by atoms with Crippen molar-refractivity contribution in [1.82, 2.24) is 9.55 Å². The molecule has 3 aromatic rings. The molecule has 1 aromatic heterocycles. The topological polar surface area (TPSA) is 47.1 Å². The number of hydrogen-bond donors (Lipinski definition) is 1. The van der Waals surface area contributed by atoms with Crippen molar-refractivity contribution in [3.05, 3.63) is 54.4 Å². The van der Waals surface area contributed by atoms with Crippen molar-refractivity contribution in [2.75, 3.05) is 11.9 Å². The van der Waals surface area contributed by atoms with Gasteiger partial charge in [-0.25, -0.2) is 4.98 Å². The SMILES string of the molecule is CN(c1ccc(CN)cc1)c1ccc2c(c1)ncn2C. The molecule has 0 aliphatic carbocycles. The molecule has 2 N–H and O–H groups in total. The Hall–Kier alpha value is -2.33. The Bertz CT molecular complexity index is 728. The van der Waals surface area contributed by atoms with Crippen LogP contribution in [0.2, 0.25) is 0 Å². The number of imidazole rings is 1. The molecule has 2 aromatic carbocycles. The number of benzene rings is 2. The normalized spacial score (nSPS) is 10.9. The van der Waals surface area contributed by atoms with E-state index in [0.717, 1.165) is 28.0 Å². The van der Waals surface area contributed by atoms with Crippen LogP contribution >= 0.6 is 0 Å². The maximum atomic E-state index is 5.63. The average molecular weight is 266 g/mol. The second-order valence-corrected chi connectivity index (χ2v) is 4.96. The van der Waals surface area contributed by atoms with E-state index in [2.05, 4.69) is 59.4 Å². The van der Waals surface area contributed by atoms with Gasteiger partial charge in [-0.3, -0.25) is 0 Å². The molecule has 3 rings (SSSR count). The summed E-state index contributed by atoms with van der Waals surface area (Å²) in [4.78, 5) is 6.55. The third-order valence-corrected chi connectivity index (χ3v) is 3.66. The minimum atomic E-state index is 0.573. The lowest BCUT2D eigenvalue weighted by Crippen LogP contribution is -2.09. The highest BCUT2D eigenvalue weighted by atomic mass is 15.1. The summed E-state index contributed by atoms with van der Waals surface area (Å²) in [6.45, 7) is 0.573. The van der Waals surface area contributed by atoms with Crippen LogP contribution in [0.1, 0.15) is 5.56 Å². The smallest absolute Gasteiger partial charge is 0.0955 e. The highest BCUT2D eigenvalue weighted by molar-refractivity contribution is 5.81. The van der Waals surface area contributed by atoms with Crippen LogP contribution in [0.5, 0.6) is 0 Å². The molecule has 20 heavy (non-hydrogen) atoms. The summed E-state index contributed by atoms with van der Waals surface area (Å²) in [5, 5.41) is 0. The third-order valence-electron chi connectivity index (χ3n) is 3.66. The van der Waals surface area contributed by atoms with E-state index in [9.17, 15) is 0 Å². The van der Waals surface area contributed by atoms with Gasteiger partial charge >= 0.3 is 0 Å². The third kappa shape index (κ3) is 2.14. The van der Waals surface area contributed by atoms with Crippen LogP contribution < -0.4 is 10.6 Å². The van der Waals surface area contributed by atoms with Crippen LogP contribution in [-0.4, -0.2) is 16.6 Å². The number of aryl methyl sites for hydroxylation is 1. The van der Waals surface area contributed by atoms with Crippen molar-refractivity contribution in [3.63, 3.8) is 0 Å². The van der Waals surface area contributed by atoms with Gasteiger partial charge < -0.3 is 15.2 Å². The maximum absolute atomic E-state index is 5.63. The van der Waals surface area contributed by atoms with E-state index in [1.165, 1.54) is 0 Å². The van der Waals surface area contributed by atoms with Gasteiger partial charge in [0.25, 0.3) is 0 Å². The Morgan fingerprint density at radius 1 is 1.10 bits per heavy atom. The number of rotatable bonds is 3. The lowest BCUT2D eigenvalue weighted by Gasteiger charge is -2.19. The molecule has 0 unspecified atom stereocenters. The molecule has 102 valence electrons. The van der Waals surface area contributed by atoms with Crippen LogP contribution in [0.15, 0.2) is 48.8 Å². The van der Waals surface area contributed by atoms with E-state index in [-0.39, 0.29) is 0 Å². The summed E-state index contributed by atoms with van der Waals surface area (Å²) in [7, 11) is 4.06. The van der Waals surface area contributed by atoms with Gasteiger partial charge in [0.05, 0.1) is 17.4 Å². The lowest BCUT2D eigenvalue weighted by atomic mass is 10.2. The van der Waals surface area contributed by atoms with Gasteiger partial charge in [-0.2, -0.15) is 0 Å². The fourth-order valence-corrected chi connectivity index (χ4v) is 2.34. The van der Waals surface area contributed by atoms with Gasteiger partial charge in [-0.15, -0.1) is 0 Å². The molecule has 0 saturated heterocycles. The molecule has 1 heterocycles. The zero-order valence-corrected chi connectivity index (χ0v) is 11.7. The molecule has 0 fully saturated rings. The minimum Gasteiger partial charge on any atom is -0.345 e. The molecular formula is C16H18N4. The Balaban J connectivity index is 1.96. The first-order valence-electron chi connectivity index (χ1n) is 6.63. The minimum absolute atomic E-state index is 0.573. The molecule has 0 spiro atoms. The summed E-state index contributed by atoms with van der Waals surface area (Å²) in [5.74, 6) is 0. The molecular weight excluding hydrogens is 248 g/mol. The van der Waals surface area contributed by atoms with Gasteiger partial charge in [-0.05, 0) is 35.9 Å². The van der Waals surface area contributed by atoms with Crippen molar-refractivity contribution in [1.29, 1.82) is 0 Å². The quantitative estimate of drug-likeness (QED) is 0.793. The van der Waals surface area contributed by atoms with E-state index < -0.39 is 0 Å². The summed E-state index contributed by atoms with van der Waals surface area (Å²) in [6, 6.07) is 14.6. The van der Waals surface area contributed by atoms with Crippen LogP contribution in [0.25, 0.3) is 11.0 Å². The maximum Gasteiger partial charge on any atom is 0.0955 e. The largest absolute Gasteiger partial charge is 0.345 e. The van der Waals surface area contributed by atoms with Gasteiger partial charge in [0.1, 0.15) is 0 Å². The van der Waals surface area contributed by atoms with E-state index in [1.807, 2.05) is 17.9 Å². The number of aromatic nitrogens is 2. The molecule has 0 bridgehead atoms. The summed E-state index contributed by atoms with van der Waals surface area (Å²) in [5.41, 5.74) is 11.2. The Morgan fingerprint density at radius 2 is 1.80 bits per heavy atom. The zero-order valence-electron chi connectivity index (χ0n) is 11.7. The molecule has 0 saturated carbocycles. The lowest BCUT2D eigenvalue weighted by molar-refractivity contribution is 0.947. The number of anilines is 2. The molecule has 0 aliphatic heterocycles. The van der Waals surface area contributed by atoms with E-state index in [4.69, 9.17) is 5.73 Å². The number of fused-ring (bicyclic) bond motifs is 1. The average Bonchev–Trinajstić information content (AvgIpc) is 2.87. The Kier molecular flexibility index (Phi) is 3.16. The standard InChI is InChI=1S/C16H18N4/c1-19-11-18-15-9-14(7-8-16(15)19)20(2)13-5-3-12(10-17)4-6-13/h3-9,11H,10,17H2,1-2H3. The van der Waals surface area contributed by atoms with Crippen molar-refractivity contribution in [2.24, 2.45) is 12.8 Å². The van der Waals surface area contributed by atoms with Crippen LogP contribution in [0.4, 0.5) is 11.4 Å². The van der Waals surface area contributed by atoms with Crippen LogP contribution in [0.3, 0.4) is 0 Å². The summed E-state index contributed by atoms with van der Waals surface area (Å²) in [6.07, 6.45) is 1.84. The predicted octanol–water partition coefficient (Wildman–Crippen LogP) is 2.80. The van der Waals surface area contributed by atoms with Gasteiger partial charge in [-0.1, -0.05) is 12.1 Å². The molecule has 4 heteroatoms. The molecule has 4 nitrogen and oxygen atoms in total. The van der Waals surface area contributed by atoms with Gasteiger partial charge in [0, 0.05) is 32.0 Å². The van der Waals surface area contributed by atoms with Crippen LogP contribution in [0, 0.1) is 0 Å². The second kappa shape index (κ2) is 4.98. The van der Waals surface area contributed by atoms with Crippen molar-refractivity contribution in [2.45, 2.75) is 6.54 Å². The van der Waals surface area contributed by atoms with Gasteiger partial charge in [0.15, 0.2) is 0 Å². The predicted molar refractivity (Wildman–Crippen MR) is 83.1 cm³/mol. The Morgan fingerprint density at radius 3 is 2.50 bits per heavy atom. The molecule has 0 aliphatic rings. The first-order valence-corrected chi connectivity index (χ1v) is 6.63. The van der Waals surface area contributed by atoms with Crippen molar-refractivity contribution in [3.8, 4) is 0 Å². The van der Waals surface area contributed by atoms with Gasteiger partial charge in [0.2, 0.25) is 0 Å². The second-order valence-electron chi connectivity index (χ2n) is 4.96. The van der Waals surface area contributed by atoms with E-state index in [1.54, 1.807) is 0 Å². The van der Waals surface area contributed by atoms with Crippen molar-refractivity contribution < 1.29 is 0 Å². The molecule has 0 amide bonds. The first-order chi connectivity index (χ1) is 9.69. The first kappa shape index (κ1) is 12.7. The summed E-state index contributed by atoms with van der Waals surface area (Å²) < 4.78 is 2.02. The Labute approximate surface area is 118 Å². The zero-order chi connectivity index (χ0) is 14.1. The number of nitrogens with zero attached hydrogens (tertiary/aromatic N) is 3. The number of nitrogens with two attached hydrogens (primary N) is 1. The highest BCUT2D eigenvalue weighted by Crippen LogP contribution is 2.26. The van der Waals surface area contributed by atoms with E-state index >= 15 is 0 Å². The molecule has 0 radical (unpaired) electrons. The highest BCUT2D eigenvalue weighted by Gasteiger charge is 2.07.